The average Bonchev–Trinajstić information content (AvgIpc) is 2.95. The second-order valence-corrected chi connectivity index (χ2v) is 6.45. The lowest BCUT2D eigenvalue weighted by Gasteiger charge is -2.39. The van der Waals surface area contributed by atoms with Crippen molar-refractivity contribution in [2.45, 2.75) is 31.8 Å². The van der Waals surface area contributed by atoms with Crippen molar-refractivity contribution >= 4 is 17.6 Å². The molecule has 3 rings (SSSR count). The van der Waals surface area contributed by atoms with E-state index in [9.17, 15) is 9.18 Å². The number of likely N-dealkylation sites (tertiary alicyclic amines) is 1. The van der Waals surface area contributed by atoms with Crippen molar-refractivity contribution in [3.63, 3.8) is 0 Å². The highest BCUT2D eigenvalue weighted by atomic mass is 35.5. The fourth-order valence-electron chi connectivity index (χ4n) is 3.40. The lowest BCUT2D eigenvalue weighted by molar-refractivity contribution is 0.111. The van der Waals surface area contributed by atoms with E-state index in [1.807, 2.05) is 4.90 Å². The minimum absolute atomic E-state index is 0.0665. The number of urea groups is 1. The molecule has 1 aromatic carbocycles. The molecular weight excluding hydrogens is 305 g/mol. The van der Waals surface area contributed by atoms with Crippen molar-refractivity contribution in [1.29, 1.82) is 0 Å². The van der Waals surface area contributed by atoms with Gasteiger partial charge in [0.25, 0.3) is 0 Å². The number of nitrogens with one attached hydrogen (secondary N) is 1. The number of carbonyl (C=O) groups is 1. The van der Waals surface area contributed by atoms with E-state index in [-0.39, 0.29) is 22.9 Å². The Morgan fingerprint density at radius 2 is 2.05 bits per heavy atom. The van der Waals surface area contributed by atoms with Crippen molar-refractivity contribution < 1.29 is 9.18 Å². The number of rotatable bonds is 3. The van der Waals surface area contributed by atoms with Gasteiger partial charge in [0.15, 0.2) is 0 Å². The maximum Gasteiger partial charge on any atom is 0.317 e. The van der Waals surface area contributed by atoms with Crippen molar-refractivity contribution in [3.05, 3.63) is 34.6 Å². The summed E-state index contributed by atoms with van der Waals surface area (Å²) in [5.74, 6) is -0.378. The highest BCUT2D eigenvalue weighted by Crippen LogP contribution is 2.28. The van der Waals surface area contributed by atoms with Gasteiger partial charge in [0.1, 0.15) is 5.82 Å². The molecule has 1 N–H and O–H groups in total. The van der Waals surface area contributed by atoms with Gasteiger partial charge in [-0.15, -0.1) is 0 Å². The van der Waals surface area contributed by atoms with E-state index in [1.165, 1.54) is 6.07 Å². The van der Waals surface area contributed by atoms with Gasteiger partial charge in [-0.05, 0) is 37.5 Å². The largest absolute Gasteiger partial charge is 0.336 e. The summed E-state index contributed by atoms with van der Waals surface area (Å²) >= 11 is 5.88. The number of piperidine rings is 1. The number of carbonyl (C=O) groups excluding carboxylic acids is 1. The summed E-state index contributed by atoms with van der Waals surface area (Å²) < 4.78 is 13.3. The predicted octanol–water partition coefficient (Wildman–Crippen LogP) is 3.03. The van der Waals surface area contributed by atoms with Crippen LogP contribution < -0.4 is 5.32 Å². The first-order chi connectivity index (χ1) is 10.6. The average molecular weight is 326 g/mol. The fraction of sp³-hybridized carbons (Fsp3) is 0.562. The van der Waals surface area contributed by atoms with Crippen LogP contribution in [0.3, 0.4) is 0 Å². The van der Waals surface area contributed by atoms with Gasteiger partial charge in [-0.2, -0.15) is 0 Å². The molecule has 2 amide bonds. The molecule has 2 fully saturated rings. The molecule has 1 aromatic rings. The van der Waals surface area contributed by atoms with E-state index in [0.29, 0.717) is 6.04 Å². The van der Waals surface area contributed by atoms with Crippen molar-refractivity contribution in [3.8, 4) is 0 Å². The van der Waals surface area contributed by atoms with Crippen LogP contribution in [0.4, 0.5) is 9.18 Å². The van der Waals surface area contributed by atoms with Crippen molar-refractivity contribution in [1.82, 2.24) is 15.1 Å². The van der Waals surface area contributed by atoms with Crippen LogP contribution in [0, 0.1) is 5.82 Å². The molecule has 0 aliphatic carbocycles. The molecule has 22 heavy (non-hydrogen) atoms. The number of nitrogens with zero attached hydrogens (tertiary/aromatic N) is 2. The first kappa shape index (κ1) is 15.6. The van der Waals surface area contributed by atoms with E-state index in [1.54, 1.807) is 12.1 Å². The zero-order chi connectivity index (χ0) is 15.7. The number of hydrogen-bond acceptors (Lipinski definition) is 2. The Labute approximate surface area is 135 Å². The van der Waals surface area contributed by atoms with E-state index in [0.717, 1.165) is 44.6 Å². The molecular formula is C16H21ClFN3O. The smallest absolute Gasteiger partial charge is 0.317 e. The van der Waals surface area contributed by atoms with Gasteiger partial charge in [0.2, 0.25) is 0 Å². The number of benzene rings is 1. The first-order valence-corrected chi connectivity index (χ1v) is 8.17. The lowest BCUT2D eigenvalue weighted by atomic mass is 9.99. The Morgan fingerprint density at radius 1 is 1.32 bits per heavy atom. The van der Waals surface area contributed by atoms with Crippen LogP contribution in [-0.4, -0.2) is 48.1 Å². The number of hydrogen-bond donors (Lipinski definition) is 1. The first-order valence-electron chi connectivity index (χ1n) is 7.79. The Bertz CT molecular complexity index is 560. The molecule has 0 radical (unpaired) electrons. The highest BCUT2D eigenvalue weighted by Gasteiger charge is 2.32. The molecule has 0 bridgehead atoms. The second kappa shape index (κ2) is 6.42. The van der Waals surface area contributed by atoms with Gasteiger partial charge < -0.3 is 10.2 Å². The zero-order valence-electron chi connectivity index (χ0n) is 12.7. The lowest BCUT2D eigenvalue weighted by Crippen LogP contribution is -2.46. The summed E-state index contributed by atoms with van der Waals surface area (Å²) in [4.78, 5) is 16.1. The SMILES string of the molecule is C[C@H](c1ccc(F)c(Cl)c1)N1CCC(N2CCNC2=O)CC1. The number of amides is 2. The van der Waals surface area contributed by atoms with Crippen molar-refractivity contribution in [2.24, 2.45) is 0 Å². The Hall–Kier alpha value is -1.33. The van der Waals surface area contributed by atoms with E-state index in [4.69, 9.17) is 11.6 Å². The molecule has 0 saturated carbocycles. The second-order valence-electron chi connectivity index (χ2n) is 6.04. The van der Waals surface area contributed by atoms with Crippen LogP contribution in [0.5, 0.6) is 0 Å². The minimum atomic E-state index is -0.378. The van der Waals surface area contributed by atoms with Gasteiger partial charge in [0, 0.05) is 38.3 Å². The third kappa shape index (κ3) is 3.06. The van der Waals surface area contributed by atoms with Crippen LogP contribution in [0.15, 0.2) is 18.2 Å². The van der Waals surface area contributed by atoms with E-state index in [2.05, 4.69) is 17.1 Å². The van der Waals surface area contributed by atoms with Gasteiger partial charge >= 0.3 is 6.03 Å². The Kier molecular flexibility index (Phi) is 4.54. The van der Waals surface area contributed by atoms with Crippen LogP contribution in [-0.2, 0) is 0 Å². The molecule has 120 valence electrons. The Balaban J connectivity index is 1.60. The zero-order valence-corrected chi connectivity index (χ0v) is 13.4. The Morgan fingerprint density at radius 3 is 2.64 bits per heavy atom. The molecule has 2 heterocycles. The van der Waals surface area contributed by atoms with Crippen LogP contribution in [0.25, 0.3) is 0 Å². The summed E-state index contributed by atoms with van der Waals surface area (Å²) in [6.07, 6.45) is 1.96. The quantitative estimate of drug-likeness (QED) is 0.927. The molecule has 0 unspecified atom stereocenters. The molecule has 0 spiro atoms. The summed E-state index contributed by atoms with van der Waals surface area (Å²) in [6, 6.07) is 5.54. The summed E-state index contributed by atoms with van der Waals surface area (Å²) in [5.41, 5.74) is 1.03. The molecule has 4 nitrogen and oxygen atoms in total. The van der Waals surface area contributed by atoms with Crippen molar-refractivity contribution in [2.75, 3.05) is 26.2 Å². The molecule has 0 aromatic heterocycles. The topological polar surface area (TPSA) is 35.6 Å². The van der Waals surface area contributed by atoms with E-state index < -0.39 is 0 Å². The highest BCUT2D eigenvalue weighted by molar-refractivity contribution is 6.30. The maximum atomic E-state index is 13.3. The molecule has 6 heteroatoms. The standard InChI is InChI=1S/C16H21ClFN3O/c1-11(12-2-3-15(18)14(17)10-12)20-7-4-13(5-8-20)21-9-6-19-16(21)22/h2-3,10-11,13H,4-9H2,1H3,(H,19,22)/t11-/m1/s1. The summed E-state index contributed by atoms with van der Waals surface area (Å²) in [5, 5.41) is 3.04. The normalized spacial score (nSPS) is 22.0. The molecule has 1 atom stereocenters. The van der Waals surface area contributed by atoms with Gasteiger partial charge in [-0.25, -0.2) is 9.18 Å². The maximum absolute atomic E-state index is 13.3. The van der Waals surface area contributed by atoms with Crippen LogP contribution >= 0.6 is 11.6 Å². The third-order valence-electron chi connectivity index (χ3n) is 4.80. The van der Waals surface area contributed by atoms with E-state index >= 15 is 0 Å². The molecule has 2 saturated heterocycles. The monoisotopic (exact) mass is 325 g/mol. The third-order valence-corrected chi connectivity index (χ3v) is 5.09. The van der Waals surface area contributed by atoms with Gasteiger partial charge in [-0.1, -0.05) is 17.7 Å². The van der Waals surface area contributed by atoms with Gasteiger partial charge in [0.05, 0.1) is 5.02 Å². The fourth-order valence-corrected chi connectivity index (χ4v) is 3.59. The number of halogens is 2. The predicted molar refractivity (Wildman–Crippen MR) is 84.5 cm³/mol. The van der Waals surface area contributed by atoms with Gasteiger partial charge in [-0.3, -0.25) is 4.90 Å². The molecule has 2 aliphatic heterocycles. The summed E-state index contributed by atoms with van der Waals surface area (Å²) in [7, 11) is 0. The van der Waals surface area contributed by atoms with Crippen LogP contribution in [0.1, 0.15) is 31.4 Å². The minimum Gasteiger partial charge on any atom is -0.336 e. The summed E-state index contributed by atoms with van der Waals surface area (Å²) in [6.45, 7) is 5.55. The molecule has 2 aliphatic rings. The van der Waals surface area contributed by atoms with Crippen LogP contribution in [0.2, 0.25) is 5.02 Å².